The third kappa shape index (κ3) is 6.65. The Kier molecular flexibility index (Phi) is 8.20. The second kappa shape index (κ2) is 12.0. The predicted molar refractivity (Wildman–Crippen MR) is 148 cm³/mol. The van der Waals surface area contributed by atoms with Gasteiger partial charge in [-0.1, -0.05) is 18.2 Å². The zero-order valence-electron chi connectivity index (χ0n) is 22.5. The van der Waals surface area contributed by atoms with Gasteiger partial charge < -0.3 is 25.0 Å². The fraction of sp³-hybridized carbons (Fsp3) is 0.310. The van der Waals surface area contributed by atoms with E-state index >= 15 is 0 Å². The number of aromatic nitrogens is 2. The molecule has 2 aromatic carbocycles. The average molecular weight is 567 g/mol. The van der Waals surface area contributed by atoms with Gasteiger partial charge in [0.1, 0.15) is 17.1 Å². The van der Waals surface area contributed by atoms with Gasteiger partial charge in [0.15, 0.2) is 0 Å². The maximum Gasteiger partial charge on any atom is 0.423 e. The lowest BCUT2D eigenvalue weighted by molar-refractivity contribution is -0.139. The second-order valence-electron chi connectivity index (χ2n) is 9.73. The van der Waals surface area contributed by atoms with E-state index in [2.05, 4.69) is 30.5 Å². The number of allylic oxidation sites excluding steroid dienone is 1. The maximum absolute atomic E-state index is 13.9. The Bertz CT molecular complexity index is 1480. The summed E-state index contributed by atoms with van der Waals surface area (Å²) in [4.78, 5) is 27.3. The molecule has 0 radical (unpaired) electrons. The van der Waals surface area contributed by atoms with Crippen molar-refractivity contribution in [1.29, 1.82) is 0 Å². The summed E-state index contributed by atoms with van der Waals surface area (Å²) in [7, 11) is 3.48. The zero-order chi connectivity index (χ0) is 29.0. The van der Waals surface area contributed by atoms with Gasteiger partial charge >= 0.3 is 6.18 Å². The van der Waals surface area contributed by atoms with Crippen LogP contribution in [-0.2, 0) is 6.18 Å². The molecule has 3 aromatic rings. The molecule has 0 saturated carbocycles. The number of halogens is 3. The van der Waals surface area contributed by atoms with E-state index in [0.717, 1.165) is 25.9 Å². The van der Waals surface area contributed by atoms with E-state index in [1.807, 2.05) is 13.1 Å². The van der Waals surface area contributed by atoms with Crippen molar-refractivity contribution in [3.63, 3.8) is 0 Å². The number of ether oxygens (including phenoxy) is 2. The number of anilines is 2. The van der Waals surface area contributed by atoms with Crippen LogP contribution in [0.4, 0.5) is 24.8 Å². The van der Waals surface area contributed by atoms with Crippen LogP contribution in [0.15, 0.2) is 65.8 Å². The number of para-hydroxylation sites is 1. The molecule has 214 valence electrons. The van der Waals surface area contributed by atoms with Crippen molar-refractivity contribution < 1.29 is 27.4 Å². The van der Waals surface area contributed by atoms with Crippen molar-refractivity contribution in [1.82, 2.24) is 20.2 Å². The van der Waals surface area contributed by atoms with Crippen molar-refractivity contribution in [3.05, 3.63) is 77.5 Å². The number of carbonyl (C=O) groups is 1. The Morgan fingerprint density at radius 1 is 1.10 bits per heavy atom. The van der Waals surface area contributed by atoms with E-state index in [-0.39, 0.29) is 23.6 Å². The molecule has 0 bridgehead atoms. The third-order valence-electron chi connectivity index (χ3n) is 6.84. The number of piperidine rings is 1. The smallest absolute Gasteiger partial charge is 0.423 e. The topological polar surface area (TPSA) is 101 Å². The first kappa shape index (κ1) is 28.1. The lowest BCUT2D eigenvalue weighted by atomic mass is 10.0. The van der Waals surface area contributed by atoms with E-state index in [4.69, 9.17) is 9.47 Å². The van der Waals surface area contributed by atoms with Crippen LogP contribution in [0, 0.1) is 0 Å². The van der Waals surface area contributed by atoms with Crippen LogP contribution in [0.2, 0.25) is 0 Å². The summed E-state index contributed by atoms with van der Waals surface area (Å²) in [5.41, 5.74) is 0.767. The molecule has 12 heteroatoms. The molecule has 1 amide bonds. The van der Waals surface area contributed by atoms with E-state index in [1.54, 1.807) is 48.5 Å². The molecule has 0 atom stereocenters. The van der Waals surface area contributed by atoms with E-state index in [0.29, 0.717) is 41.0 Å². The third-order valence-corrected chi connectivity index (χ3v) is 6.84. The largest absolute Gasteiger partial charge is 0.495 e. The molecule has 3 heterocycles. The minimum absolute atomic E-state index is 0.0864. The summed E-state index contributed by atoms with van der Waals surface area (Å²) in [6.45, 7) is 2.31. The number of aliphatic imine (C=N–C) groups is 1. The molecule has 0 unspecified atom stereocenters. The van der Waals surface area contributed by atoms with Gasteiger partial charge in [-0.05, 0) is 69.4 Å². The van der Waals surface area contributed by atoms with Crippen molar-refractivity contribution in [3.8, 4) is 17.4 Å². The van der Waals surface area contributed by atoms with Gasteiger partial charge in [0, 0.05) is 23.4 Å². The summed E-state index contributed by atoms with van der Waals surface area (Å²) in [6.07, 6.45) is 1.26. The summed E-state index contributed by atoms with van der Waals surface area (Å²) in [5, 5.41) is 5.93. The molecule has 1 fully saturated rings. The quantitative estimate of drug-likeness (QED) is 0.386. The summed E-state index contributed by atoms with van der Waals surface area (Å²) < 4.78 is 52.8. The molecular weight excluding hydrogens is 537 g/mol. The number of alkyl halides is 3. The number of methoxy groups -OCH3 is 1. The Balaban J connectivity index is 1.38. The van der Waals surface area contributed by atoms with Crippen LogP contribution in [0.1, 0.15) is 34.3 Å². The molecule has 5 rings (SSSR count). The SMILES string of the molecule is COc1cc(C(=O)NC2CCN(C)CC2)ccc1Nc1ncc(C(F)(F)F)c(Oc2ccccc2C2=NCC=C2)n1. The van der Waals surface area contributed by atoms with Gasteiger partial charge in [0.25, 0.3) is 5.91 Å². The lowest BCUT2D eigenvalue weighted by Gasteiger charge is -2.29. The molecule has 9 nitrogen and oxygen atoms in total. The minimum Gasteiger partial charge on any atom is -0.495 e. The number of amides is 1. The average Bonchev–Trinajstić information content (AvgIpc) is 3.49. The predicted octanol–water partition coefficient (Wildman–Crippen LogP) is 5.22. The molecule has 0 spiro atoms. The molecular formula is C29H29F3N6O3. The van der Waals surface area contributed by atoms with Crippen molar-refractivity contribution in [2.24, 2.45) is 4.99 Å². The zero-order valence-corrected chi connectivity index (χ0v) is 22.5. The van der Waals surface area contributed by atoms with Gasteiger partial charge in [-0.15, -0.1) is 0 Å². The van der Waals surface area contributed by atoms with Crippen LogP contribution < -0.4 is 20.1 Å². The summed E-state index contributed by atoms with van der Waals surface area (Å²) in [6, 6.07) is 11.5. The Labute approximate surface area is 235 Å². The number of hydrogen-bond acceptors (Lipinski definition) is 8. The highest BCUT2D eigenvalue weighted by Crippen LogP contribution is 2.38. The summed E-state index contributed by atoms with van der Waals surface area (Å²) >= 11 is 0. The molecule has 0 aliphatic carbocycles. The second-order valence-corrected chi connectivity index (χ2v) is 9.73. The standard InChI is InChI=1S/C29H29F3N6O3/c1-38-14-11-19(12-15-38)35-26(39)18-9-10-23(25(16-18)40-2)36-28-34-17-21(29(30,31)32)27(37-28)41-24-8-4-3-6-20(24)22-7-5-13-33-22/h3-10,16-17,19H,11-15H2,1-2H3,(H,35,39)(H,34,36,37). The number of nitrogens with one attached hydrogen (secondary N) is 2. The van der Waals surface area contributed by atoms with Gasteiger partial charge in [-0.3, -0.25) is 9.79 Å². The first-order chi connectivity index (χ1) is 19.7. The maximum atomic E-state index is 13.9. The Hall–Kier alpha value is -4.45. The number of carbonyl (C=O) groups excluding carboxylic acids is 1. The molecule has 2 aliphatic heterocycles. The van der Waals surface area contributed by atoms with Crippen LogP contribution in [-0.4, -0.2) is 66.3 Å². The van der Waals surface area contributed by atoms with Crippen molar-refractivity contribution in [2.45, 2.75) is 25.1 Å². The first-order valence-corrected chi connectivity index (χ1v) is 13.1. The van der Waals surface area contributed by atoms with Gasteiger partial charge in [0.05, 0.1) is 25.1 Å². The highest BCUT2D eigenvalue weighted by atomic mass is 19.4. The molecule has 1 aromatic heterocycles. The van der Waals surface area contributed by atoms with E-state index < -0.39 is 17.6 Å². The monoisotopic (exact) mass is 566 g/mol. The van der Waals surface area contributed by atoms with Crippen LogP contribution in [0.25, 0.3) is 0 Å². The Morgan fingerprint density at radius 2 is 1.88 bits per heavy atom. The van der Waals surface area contributed by atoms with Crippen LogP contribution in [0.5, 0.6) is 17.4 Å². The number of nitrogens with zero attached hydrogens (tertiary/aromatic N) is 4. The van der Waals surface area contributed by atoms with Crippen LogP contribution >= 0.6 is 0 Å². The number of rotatable bonds is 8. The summed E-state index contributed by atoms with van der Waals surface area (Å²) in [5.74, 6) is -0.580. The van der Waals surface area contributed by atoms with E-state index in [9.17, 15) is 18.0 Å². The van der Waals surface area contributed by atoms with E-state index in [1.165, 1.54) is 7.11 Å². The molecule has 1 saturated heterocycles. The lowest BCUT2D eigenvalue weighted by Crippen LogP contribution is -2.43. The van der Waals surface area contributed by atoms with Crippen LogP contribution in [0.3, 0.4) is 0 Å². The van der Waals surface area contributed by atoms with Gasteiger partial charge in [-0.25, -0.2) is 4.98 Å². The van der Waals surface area contributed by atoms with Crippen molar-refractivity contribution in [2.75, 3.05) is 39.1 Å². The highest BCUT2D eigenvalue weighted by Gasteiger charge is 2.37. The molecule has 2 N–H and O–H groups in total. The normalized spacial score (nSPS) is 15.9. The molecule has 2 aliphatic rings. The fourth-order valence-corrected chi connectivity index (χ4v) is 4.59. The highest BCUT2D eigenvalue weighted by molar-refractivity contribution is 6.11. The van der Waals surface area contributed by atoms with Gasteiger partial charge in [-0.2, -0.15) is 18.2 Å². The Morgan fingerprint density at radius 3 is 2.59 bits per heavy atom. The fourth-order valence-electron chi connectivity index (χ4n) is 4.59. The number of benzene rings is 2. The van der Waals surface area contributed by atoms with Gasteiger partial charge in [0.2, 0.25) is 11.8 Å². The molecule has 41 heavy (non-hydrogen) atoms. The number of hydrogen-bond donors (Lipinski definition) is 2. The minimum atomic E-state index is -4.76. The van der Waals surface area contributed by atoms with Crippen molar-refractivity contribution >= 4 is 23.3 Å². The number of likely N-dealkylation sites (tertiary alicyclic amines) is 1. The first-order valence-electron chi connectivity index (χ1n) is 13.1.